The van der Waals surface area contributed by atoms with E-state index in [1.54, 1.807) is 36.0 Å². The molecular formula is C24H26O8S. The van der Waals surface area contributed by atoms with Crippen LogP contribution in [0.3, 0.4) is 0 Å². The van der Waals surface area contributed by atoms with Crippen molar-refractivity contribution in [3.63, 3.8) is 0 Å². The molecule has 2 aromatic rings. The fourth-order valence-electron chi connectivity index (χ4n) is 2.85. The average Bonchev–Trinajstić information content (AvgIpc) is 2.70. The van der Waals surface area contributed by atoms with Crippen LogP contribution >= 0.6 is 11.8 Å². The molecule has 8 nitrogen and oxygen atoms in total. The summed E-state index contributed by atoms with van der Waals surface area (Å²) in [6.45, 7) is 5.12. The molecular weight excluding hydrogens is 448 g/mol. The summed E-state index contributed by atoms with van der Waals surface area (Å²) in [7, 11) is 0. The molecule has 0 saturated heterocycles. The van der Waals surface area contributed by atoms with Gasteiger partial charge in [0.15, 0.2) is 23.0 Å². The van der Waals surface area contributed by atoms with Crippen LogP contribution in [0.5, 0.6) is 23.0 Å². The molecule has 0 radical (unpaired) electrons. The van der Waals surface area contributed by atoms with E-state index in [1.165, 1.54) is 27.7 Å². The van der Waals surface area contributed by atoms with Crippen LogP contribution in [0.2, 0.25) is 0 Å². The molecule has 0 aliphatic carbocycles. The van der Waals surface area contributed by atoms with Crippen molar-refractivity contribution in [3.8, 4) is 23.0 Å². The third-order valence-corrected chi connectivity index (χ3v) is 5.09. The largest absolute Gasteiger partial charge is 0.423 e. The number of rotatable bonds is 10. The summed E-state index contributed by atoms with van der Waals surface area (Å²) in [5.74, 6) is 0.477. The Labute approximate surface area is 196 Å². The summed E-state index contributed by atoms with van der Waals surface area (Å²) < 4.78 is 20.5. The fraction of sp³-hybridized carbons (Fsp3) is 0.333. The minimum Gasteiger partial charge on any atom is -0.423 e. The van der Waals surface area contributed by atoms with Crippen molar-refractivity contribution in [2.75, 3.05) is 11.5 Å². The molecule has 0 aliphatic rings. The highest BCUT2D eigenvalue weighted by Crippen LogP contribution is 2.31. The van der Waals surface area contributed by atoms with E-state index in [0.29, 0.717) is 0 Å². The van der Waals surface area contributed by atoms with E-state index in [2.05, 4.69) is 0 Å². The molecule has 0 heterocycles. The zero-order valence-corrected chi connectivity index (χ0v) is 19.8. The number of carbonyl (C=O) groups is 4. The molecule has 2 aromatic carbocycles. The second-order valence-corrected chi connectivity index (χ2v) is 8.27. The molecule has 0 aliphatic heterocycles. The lowest BCUT2D eigenvalue weighted by Gasteiger charge is -2.11. The van der Waals surface area contributed by atoms with E-state index in [-0.39, 0.29) is 23.0 Å². The maximum Gasteiger partial charge on any atom is 0.308 e. The lowest BCUT2D eigenvalue weighted by molar-refractivity contribution is -0.134. The molecule has 33 heavy (non-hydrogen) atoms. The van der Waals surface area contributed by atoms with Crippen LogP contribution in [-0.4, -0.2) is 35.4 Å². The minimum absolute atomic E-state index is 0.204. The van der Waals surface area contributed by atoms with Crippen LogP contribution in [0.15, 0.2) is 36.4 Å². The Morgan fingerprint density at radius 2 is 0.909 bits per heavy atom. The zero-order chi connectivity index (χ0) is 24.4. The van der Waals surface area contributed by atoms with Gasteiger partial charge in [0.05, 0.1) is 0 Å². The molecule has 0 N–H and O–H groups in total. The Bertz CT molecular complexity index is 950. The number of thioether (sulfide) groups is 1. The summed E-state index contributed by atoms with van der Waals surface area (Å²) in [4.78, 5) is 45.1. The average molecular weight is 475 g/mol. The van der Waals surface area contributed by atoms with Gasteiger partial charge in [0.1, 0.15) is 0 Å². The molecule has 0 unspecified atom stereocenters. The smallest absolute Gasteiger partial charge is 0.308 e. The van der Waals surface area contributed by atoms with Gasteiger partial charge in [-0.05, 0) is 59.7 Å². The summed E-state index contributed by atoms with van der Waals surface area (Å²) in [5, 5.41) is 0. The van der Waals surface area contributed by atoms with E-state index in [0.717, 1.165) is 35.5 Å². The molecule has 176 valence electrons. The Hall–Kier alpha value is -3.33. The summed E-state index contributed by atoms with van der Waals surface area (Å²) in [6.07, 6.45) is 1.45. The Balaban J connectivity index is 1.92. The topological polar surface area (TPSA) is 105 Å². The first kappa shape index (κ1) is 25.9. The summed E-state index contributed by atoms with van der Waals surface area (Å²) in [6, 6.07) is 10.3. The van der Waals surface area contributed by atoms with Gasteiger partial charge in [-0.25, -0.2) is 0 Å². The van der Waals surface area contributed by atoms with Crippen molar-refractivity contribution in [3.05, 3.63) is 47.5 Å². The first-order valence-electron chi connectivity index (χ1n) is 10.2. The second-order valence-electron chi connectivity index (χ2n) is 7.05. The van der Waals surface area contributed by atoms with Crippen LogP contribution in [0, 0.1) is 0 Å². The highest BCUT2D eigenvalue weighted by Gasteiger charge is 2.13. The van der Waals surface area contributed by atoms with Crippen molar-refractivity contribution in [1.82, 2.24) is 0 Å². The van der Waals surface area contributed by atoms with Crippen LogP contribution in [-0.2, 0) is 32.0 Å². The predicted molar refractivity (Wildman–Crippen MR) is 123 cm³/mol. The lowest BCUT2D eigenvalue weighted by atomic mass is 10.1. The SMILES string of the molecule is CC(=O)Oc1ccc(CCSCCc2ccc(OC(C)=O)c(OC(C)=O)c2)cc1OC(C)=O. The highest BCUT2D eigenvalue weighted by molar-refractivity contribution is 7.99. The number of esters is 4. The van der Waals surface area contributed by atoms with Crippen molar-refractivity contribution in [2.24, 2.45) is 0 Å². The third kappa shape index (κ3) is 9.36. The quantitative estimate of drug-likeness (QED) is 0.288. The van der Waals surface area contributed by atoms with E-state index < -0.39 is 23.9 Å². The van der Waals surface area contributed by atoms with E-state index in [1.807, 2.05) is 12.1 Å². The molecule has 0 bridgehead atoms. The van der Waals surface area contributed by atoms with Crippen molar-refractivity contribution < 1.29 is 38.1 Å². The highest BCUT2D eigenvalue weighted by atomic mass is 32.2. The van der Waals surface area contributed by atoms with Crippen molar-refractivity contribution in [1.29, 1.82) is 0 Å². The van der Waals surface area contributed by atoms with Crippen molar-refractivity contribution >= 4 is 35.6 Å². The monoisotopic (exact) mass is 474 g/mol. The second kappa shape index (κ2) is 12.6. The molecule has 9 heteroatoms. The molecule has 0 fully saturated rings. The van der Waals surface area contributed by atoms with Gasteiger partial charge in [-0.15, -0.1) is 0 Å². The van der Waals surface area contributed by atoms with E-state index in [9.17, 15) is 19.2 Å². The summed E-state index contributed by atoms with van der Waals surface area (Å²) >= 11 is 1.73. The normalized spacial score (nSPS) is 10.3. The lowest BCUT2D eigenvalue weighted by Crippen LogP contribution is -2.08. The van der Waals surface area contributed by atoms with Crippen LogP contribution in [0.4, 0.5) is 0 Å². The maximum atomic E-state index is 11.3. The Morgan fingerprint density at radius 3 is 1.24 bits per heavy atom. The molecule has 2 rings (SSSR count). The molecule has 0 saturated carbocycles. The van der Waals surface area contributed by atoms with Gasteiger partial charge in [-0.1, -0.05) is 12.1 Å². The van der Waals surface area contributed by atoms with E-state index >= 15 is 0 Å². The number of carbonyl (C=O) groups excluding carboxylic acids is 4. The molecule has 0 spiro atoms. The number of benzene rings is 2. The van der Waals surface area contributed by atoms with Gasteiger partial charge in [-0.3, -0.25) is 19.2 Å². The third-order valence-electron chi connectivity index (χ3n) is 4.10. The minimum atomic E-state index is -0.497. The zero-order valence-electron chi connectivity index (χ0n) is 19.0. The number of aryl methyl sites for hydroxylation is 2. The Morgan fingerprint density at radius 1 is 0.576 bits per heavy atom. The van der Waals surface area contributed by atoms with Gasteiger partial charge in [0, 0.05) is 27.7 Å². The van der Waals surface area contributed by atoms with E-state index in [4.69, 9.17) is 18.9 Å². The molecule has 0 aromatic heterocycles. The maximum absolute atomic E-state index is 11.3. The van der Waals surface area contributed by atoms with Gasteiger partial charge in [0.2, 0.25) is 0 Å². The molecule has 0 atom stereocenters. The van der Waals surface area contributed by atoms with Gasteiger partial charge < -0.3 is 18.9 Å². The first-order valence-corrected chi connectivity index (χ1v) is 11.4. The summed E-state index contributed by atoms with van der Waals surface area (Å²) in [5.41, 5.74) is 1.88. The van der Waals surface area contributed by atoms with Crippen LogP contribution < -0.4 is 18.9 Å². The van der Waals surface area contributed by atoms with Gasteiger partial charge in [0.25, 0.3) is 0 Å². The van der Waals surface area contributed by atoms with Gasteiger partial charge in [-0.2, -0.15) is 11.8 Å². The predicted octanol–water partition coefficient (Wildman–Crippen LogP) is 3.91. The number of hydrogen-bond acceptors (Lipinski definition) is 9. The Kier molecular flexibility index (Phi) is 9.93. The van der Waals surface area contributed by atoms with Crippen LogP contribution in [0.25, 0.3) is 0 Å². The molecule has 0 amide bonds. The van der Waals surface area contributed by atoms with Gasteiger partial charge >= 0.3 is 23.9 Å². The van der Waals surface area contributed by atoms with Crippen LogP contribution in [0.1, 0.15) is 38.8 Å². The number of hydrogen-bond donors (Lipinski definition) is 0. The fourth-order valence-corrected chi connectivity index (χ4v) is 3.81. The van der Waals surface area contributed by atoms with Crippen molar-refractivity contribution in [2.45, 2.75) is 40.5 Å². The standard InChI is InChI=1S/C24H26O8S/c1-15(25)29-21-7-5-19(13-23(21)31-17(3)27)9-11-33-12-10-20-6-8-22(30-16(2)26)24(14-20)32-18(4)28/h5-8,13-14H,9-12H2,1-4H3. The number of ether oxygens (including phenoxy) is 4. The first-order chi connectivity index (χ1) is 15.6.